The third-order valence-electron chi connectivity index (χ3n) is 4.06. The van der Waals surface area contributed by atoms with Gasteiger partial charge < -0.3 is 4.74 Å². The van der Waals surface area contributed by atoms with Gasteiger partial charge in [-0.1, -0.05) is 35.3 Å². The maximum Gasteiger partial charge on any atom is 0.271 e. The first-order valence-electron chi connectivity index (χ1n) is 8.35. The first kappa shape index (κ1) is 20.8. The molecular weight excluding hydrogens is 425 g/mol. The molecule has 1 saturated heterocycles. The summed E-state index contributed by atoms with van der Waals surface area (Å²) >= 11 is 12.1. The molecule has 1 aliphatic heterocycles. The maximum atomic E-state index is 12.7. The van der Waals surface area contributed by atoms with Gasteiger partial charge >= 0.3 is 0 Å². The zero-order valence-corrected chi connectivity index (χ0v) is 17.0. The van der Waals surface area contributed by atoms with E-state index in [0.717, 1.165) is 0 Å². The van der Waals surface area contributed by atoms with Gasteiger partial charge in [-0.2, -0.15) is 9.41 Å². The number of nitrogens with one attached hydrogen (secondary N) is 1. The molecule has 0 radical (unpaired) electrons. The molecular formula is C18H17Cl2N3O4S. The van der Waals surface area contributed by atoms with E-state index in [0.29, 0.717) is 28.8 Å². The normalized spacial score (nSPS) is 15.6. The van der Waals surface area contributed by atoms with Crippen molar-refractivity contribution < 1.29 is 17.9 Å². The van der Waals surface area contributed by atoms with E-state index in [9.17, 15) is 13.2 Å². The first-order valence-corrected chi connectivity index (χ1v) is 10.5. The van der Waals surface area contributed by atoms with Crippen molar-refractivity contribution in [3.05, 3.63) is 63.6 Å². The van der Waals surface area contributed by atoms with Crippen LogP contribution >= 0.6 is 23.2 Å². The summed E-state index contributed by atoms with van der Waals surface area (Å²) in [6.45, 7) is 1.25. The van der Waals surface area contributed by atoms with Crippen molar-refractivity contribution in [2.45, 2.75) is 4.90 Å². The molecule has 0 aliphatic carbocycles. The number of hydrogen-bond donors (Lipinski definition) is 1. The summed E-state index contributed by atoms with van der Waals surface area (Å²) in [7, 11) is -3.69. The zero-order chi connectivity index (χ0) is 20.1. The van der Waals surface area contributed by atoms with Crippen LogP contribution in [0.4, 0.5) is 0 Å². The molecule has 0 unspecified atom stereocenters. The molecule has 28 heavy (non-hydrogen) atoms. The maximum absolute atomic E-state index is 12.7. The third-order valence-corrected chi connectivity index (χ3v) is 6.62. The van der Waals surface area contributed by atoms with Gasteiger partial charge in [-0.05, 0) is 30.3 Å². The first-order chi connectivity index (χ1) is 13.4. The van der Waals surface area contributed by atoms with Crippen molar-refractivity contribution in [3.63, 3.8) is 0 Å². The fourth-order valence-corrected chi connectivity index (χ4v) is 4.54. The van der Waals surface area contributed by atoms with E-state index < -0.39 is 15.9 Å². The highest BCUT2D eigenvalue weighted by atomic mass is 35.5. The van der Waals surface area contributed by atoms with Crippen molar-refractivity contribution >= 4 is 45.3 Å². The minimum atomic E-state index is -3.69. The van der Waals surface area contributed by atoms with Crippen molar-refractivity contribution in [2.75, 3.05) is 26.3 Å². The van der Waals surface area contributed by atoms with Gasteiger partial charge in [0.1, 0.15) is 0 Å². The highest BCUT2D eigenvalue weighted by molar-refractivity contribution is 7.89. The van der Waals surface area contributed by atoms with Gasteiger partial charge in [0.05, 0.1) is 34.4 Å². The highest BCUT2D eigenvalue weighted by Crippen LogP contribution is 2.22. The molecule has 2 aromatic rings. The van der Waals surface area contributed by atoms with Gasteiger partial charge in [0, 0.05) is 24.2 Å². The number of hydrazone groups is 1. The minimum Gasteiger partial charge on any atom is -0.379 e. The van der Waals surface area contributed by atoms with Crippen LogP contribution in [0.2, 0.25) is 10.0 Å². The van der Waals surface area contributed by atoms with Gasteiger partial charge in [-0.15, -0.1) is 0 Å². The van der Waals surface area contributed by atoms with Crippen LogP contribution in [0.1, 0.15) is 15.9 Å². The largest absolute Gasteiger partial charge is 0.379 e. The summed E-state index contributed by atoms with van der Waals surface area (Å²) < 4.78 is 32.0. The number of halogens is 2. The average Bonchev–Trinajstić information content (AvgIpc) is 2.71. The van der Waals surface area contributed by atoms with E-state index in [1.807, 2.05) is 0 Å². The number of ether oxygens (including phenoxy) is 1. The number of amides is 1. The Hall–Kier alpha value is -1.97. The zero-order valence-electron chi connectivity index (χ0n) is 14.6. The standard InChI is InChI=1S/C18H17Cl2N3O4S/c19-16-5-2-6-17(20)15(16)12-21-22-18(24)13-3-1-4-14(11-13)28(25,26)23-7-9-27-10-8-23/h1-6,11-12H,7-10H2,(H,22,24). The molecule has 0 spiro atoms. The lowest BCUT2D eigenvalue weighted by atomic mass is 10.2. The van der Waals surface area contributed by atoms with Crippen LogP contribution in [0.3, 0.4) is 0 Å². The smallest absolute Gasteiger partial charge is 0.271 e. The number of benzene rings is 2. The molecule has 1 fully saturated rings. The molecule has 0 aromatic heterocycles. The lowest BCUT2D eigenvalue weighted by Gasteiger charge is -2.26. The molecule has 148 valence electrons. The predicted octanol–water partition coefficient (Wildman–Crippen LogP) is 2.78. The Bertz CT molecular complexity index is 985. The van der Waals surface area contributed by atoms with Crippen LogP contribution in [-0.4, -0.2) is 51.1 Å². The molecule has 1 aliphatic rings. The van der Waals surface area contributed by atoms with E-state index in [2.05, 4.69) is 10.5 Å². The van der Waals surface area contributed by atoms with Gasteiger partial charge in [0.25, 0.3) is 5.91 Å². The summed E-state index contributed by atoms with van der Waals surface area (Å²) in [6.07, 6.45) is 1.33. The Morgan fingerprint density at radius 2 is 1.75 bits per heavy atom. The fourth-order valence-electron chi connectivity index (χ4n) is 2.59. The molecule has 2 aromatic carbocycles. The van der Waals surface area contributed by atoms with E-state index in [1.165, 1.54) is 34.8 Å². The van der Waals surface area contributed by atoms with E-state index in [4.69, 9.17) is 27.9 Å². The molecule has 1 N–H and O–H groups in total. The second-order valence-electron chi connectivity index (χ2n) is 5.88. The fraction of sp³-hybridized carbons (Fsp3) is 0.222. The number of rotatable bonds is 5. The monoisotopic (exact) mass is 441 g/mol. The number of sulfonamides is 1. The van der Waals surface area contributed by atoms with Crippen LogP contribution in [0.15, 0.2) is 52.5 Å². The summed E-state index contributed by atoms with van der Waals surface area (Å²) in [5, 5.41) is 4.64. The number of hydrogen-bond acceptors (Lipinski definition) is 5. The molecule has 1 amide bonds. The van der Waals surface area contributed by atoms with Crippen LogP contribution in [0.5, 0.6) is 0 Å². The van der Waals surface area contributed by atoms with Crippen molar-refractivity contribution in [3.8, 4) is 0 Å². The number of nitrogens with zero attached hydrogens (tertiary/aromatic N) is 2. The number of morpholine rings is 1. The summed E-state index contributed by atoms with van der Waals surface area (Å²) in [4.78, 5) is 12.4. The van der Waals surface area contributed by atoms with E-state index in [-0.39, 0.29) is 23.5 Å². The van der Waals surface area contributed by atoms with E-state index in [1.54, 1.807) is 18.2 Å². The summed E-state index contributed by atoms with van der Waals surface area (Å²) in [5.41, 5.74) is 2.98. The van der Waals surface area contributed by atoms with Crippen LogP contribution < -0.4 is 5.43 Å². The lowest BCUT2D eigenvalue weighted by Crippen LogP contribution is -2.40. The molecule has 10 heteroatoms. The third kappa shape index (κ3) is 4.71. The van der Waals surface area contributed by atoms with Gasteiger partial charge in [-0.25, -0.2) is 13.8 Å². The van der Waals surface area contributed by atoms with Gasteiger partial charge in [0.2, 0.25) is 10.0 Å². The Balaban J connectivity index is 1.74. The van der Waals surface area contributed by atoms with Crippen LogP contribution in [-0.2, 0) is 14.8 Å². The average molecular weight is 442 g/mol. The van der Waals surface area contributed by atoms with Crippen molar-refractivity contribution in [2.24, 2.45) is 5.10 Å². The Kier molecular flexibility index (Phi) is 6.69. The van der Waals surface area contributed by atoms with Crippen molar-refractivity contribution in [1.82, 2.24) is 9.73 Å². The molecule has 7 nitrogen and oxygen atoms in total. The topological polar surface area (TPSA) is 88.1 Å². The molecule has 0 saturated carbocycles. The van der Waals surface area contributed by atoms with Crippen molar-refractivity contribution in [1.29, 1.82) is 0 Å². The lowest BCUT2D eigenvalue weighted by molar-refractivity contribution is 0.0730. The van der Waals surface area contributed by atoms with Gasteiger partial charge in [-0.3, -0.25) is 4.79 Å². The Morgan fingerprint density at radius 1 is 1.11 bits per heavy atom. The SMILES string of the molecule is O=C(NN=Cc1c(Cl)cccc1Cl)c1cccc(S(=O)(=O)N2CCOCC2)c1. The van der Waals surface area contributed by atoms with Gasteiger partial charge in [0.15, 0.2) is 0 Å². The quantitative estimate of drug-likeness (QED) is 0.570. The Morgan fingerprint density at radius 3 is 2.43 bits per heavy atom. The minimum absolute atomic E-state index is 0.0418. The molecule has 3 rings (SSSR count). The number of carbonyl (C=O) groups is 1. The van der Waals surface area contributed by atoms with Crippen LogP contribution in [0.25, 0.3) is 0 Å². The second kappa shape index (κ2) is 9.02. The van der Waals surface area contributed by atoms with Crippen LogP contribution in [0, 0.1) is 0 Å². The summed E-state index contributed by atoms with van der Waals surface area (Å²) in [6, 6.07) is 10.8. The number of carbonyl (C=O) groups excluding carboxylic acids is 1. The molecule has 0 bridgehead atoms. The highest BCUT2D eigenvalue weighted by Gasteiger charge is 2.26. The predicted molar refractivity (Wildman–Crippen MR) is 108 cm³/mol. The molecule has 0 atom stereocenters. The second-order valence-corrected chi connectivity index (χ2v) is 8.63. The molecule has 1 heterocycles. The van der Waals surface area contributed by atoms with E-state index >= 15 is 0 Å². The summed E-state index contributed by atoms with van der Waals surface area (Å²) in [5.74, 6) is -0.557. The Labute approximate surface area is 172 Å².